The van der Waals surface area contributed by atoms with E-state index in [9.17, 15) is 4.79 Å². The van der Waals surface area contributed by atoms with Gasteiger partial charge < -0.3 is 28.2 Å². The average Bonchev–Trinajstić information content (AvgIpc) is 3.70. The lowest BCUT2D eigenvalue weighted by Crippen LogP contribution is -2.48. The van der Waals surface area contributed by atoms with Gasteiger partial charge in [-0.15, -0.1) is 0 Å². The molecular weight excluding hydrogens is 709 g/mol. The smallest absolute Gasteiger partial charge is 0.196 e. The van der Waals surface area contributed by atoms with E-state index in [-0.39, 0.29) is 22.5 Å². The van der Waals surface area contributed by atoms with E-state index < -0.39 is 40.6 Å². The molecule has 3 aromatic carbocycles. The Hall–Kier alpha value is -4.14. The average molecular weight is 765 g/mol. The van der Waals surface area contributed by atoms with Crippen LogP contribution in [0.2, 0.25) is 36.3 Å². The summed E-state index contributed by atoms with van der Waals surface area (Å²) in [5.74, 6) is 1.31. The number of anilines is 1. The SMILES string of the molecule is COc1ccc(C(Nc2ncnc3c2ccn3[C@@H]2O[C@H](CO[Si](C)(C)C(C)(C)C)C(=O)[C@H]2O[Si](C)(C)C(C)(C)C)(c2ccccc2)c2ccccc2)cc1. The second kappa shape index (κ2) is 14.8. The van der Waals surface area contributed by atoms with E-state index >= 15 is 0 Å². The Morgan fingerprint density at radius 1 is 0.759 bits per heavy atom. The zero-order chi connectivity index (χ0) is 39.1. The molecule has 1 aliphatic rings. The molecule has 5 aromatic rings. The molecule has 0 bridgehead atoms. The number of nitrogens with one attached hydrogen (secondary N) is 1. The molecule has 286 valence electrons. The second-order valence-electron chi connectivity index (χ2n) is 17.3. The van der Waals surface area contributed by atoms with Crippen molar-refractivity contribution in [2.24, 2.45) is 0 Å². The summed E-state index contributed by atoms with van der Waals surface area (Å²) in [5, 5.41) is 4.56. The predicted octanol–water partition coefficient (Wildman–Crippen LogP) is 9.72. The minimum atomic E-state index is -2.42. The molecule has 3 atom stereocenters. The van der Waals surface area contributed by atoms with E-state index in [0.717, 1.165) is 27.8 Å². The van der Waals surface area contributed by atoms with Crippen LogP contribution in [-0.4, -0.2) is 62.9 Å². The highest BCUT2D eigenvalue weighted by Gasteiger charge is 2.51. The van der Waals surface area contributed by atoms with Gasteiger partial charge in [-0.25, -0.2) is 9.97 Å². The van der Waals surface area contributed by atoms with Crippen LogP contribution in [0.3, 0.4) is 0 Å². The minimum Gasteiger partial charge on any atom is -0.497 e. The van der Waals surface area contributed by atoms with Gasteiger partial charge in [-0.05, 0) is 71.2 Å². The van der Waals surface area contributed by atoms with E-state index in [0.29, 0.717) is 11.5 Å². The van der Waals surface area contributed by atoms with Crippen molar-refractivity contribution in [3.63, 3.8) is 0 Å². The monoisotopic (exact) mass is 764 g/mol. The number of ketones is 1. The number of ether oxygens (including phenoxy) is 2. The lowest BCUT2D eigenvalue weighted by atomic mass is 9.77. The number of hydrogen-bond acceptors (Lipinski definition) is 8. The first-order chi connectivity index (χ1) is 25.4. The topological polar surface area (TPSA) is 96.7 Å². The number of rotatable bonds is 12. The number of carbonyl (C=O) groups is 1. The Labute approximate surface area is 322 Å². The molecule has 1 N–H and O–H groups in total. The van der Waals surface area contributed by atoms with Crippen LogP contribution in [0, 0.1) is 0 Å². The molecule has 1 saturated heterocycles. The molecular formula is C43H56N4O5Si2. The van der Waals surface area contributed by atoms with Crippen LogP contribution in [0.1, 0.15) is 64.5 Å². The molecule has 3 heterocycles. The maximum absolute atomic E-state index is 14.3. The van der Waals surface area contributed by atoms with E-state index in [2.05, 4.69) is 109 Å². The van der Waals surface area contributed by atoms with Crippen molar-refractivity contribution in [1.82, 2.24) is 14.5 Å². The Balaban J connectivity index is 1.46. The van der Waals surface area contributed by atoms with E-state index in [1.54, 1.807) is 13.4 Å². The second-order valence-corrected chi connectivity index (χ2v) is 26.9. The van der Waals surface area contributed by atoms with Crippen LogP contribution >= 0.6 is 0 Å². The number of Topliss-reactive ketones (excluding diaryl/α,β-unsaturated/α-hetero) is 1. The number of carbonyl (C=O) groups excluding carboxylic acids is 1. The molecule has 11 heteroatoms. The van der Waals surface area contributed by atoms with Gasteiger partial charge in [0.25, 0.3) is 0 Å². The molecule has 6 rings (SSSR count). The molecule has 0 unspecified atom stereocenters. The van der Waals surface area contributed by atoms with E-state index in [1.165, 1.54) is 0 Å². The summed E-state index contributed by atoms with van der Waals surface area (Å²) >= 11 is 0. The maximum atomic E-state index is 14.3. The number of aromatic nitrogens is 3. The molecule has 0 amide bonds. The van der Waals surface area contributed by atoms with Crippen molar-refractivity contribution in [3.8, 4) is 5.75 Å². The van der Waals surface area contributed by atoms with Crippen molar-refractivity contribution >= 4 is 39.3 Å². The fourth-order valence-electron chi connectivity index (χ4n) is 6.46. The molecule has 0 saturated carbocycles. The van der Waals surface area contributed by atoms with Gasteiger partial charge in [0.1, 0.15) is 35.2 Å². The van der Waals surface area contributed by atoms with Gasteiger partial charge in [-0.1, -0.05) is 114 Å². The molecule has 0 radical (unpaired) electrons. The van der Waals surface area contributed by atoms with E-state index in [4.69, 9.17) is 28.3 Å². The third kappa shape index (κ3) is 7.44. The summed E-state index contributed by atoms with van der Waals surface area (Å²) in [6.45, 7) is 22.0. The van der Waals surface area contributed by atoms with Gasteiger partial charge in [0.15, 0.2) is 34.7 Å². The Kier molecular flexibility index (Phi) is 10.9. The lowest BCUT2D eigenvalue weighted by molar-refractivity contribution is -0.127. The van der Waals surface area contributed by atoms with Crippen molar-refractivity contribution in [2.75, 3.05) is 19.0 Å². The molecule has 1 fully saturated rings. The highest BCUT2D eigenvalue weighted by Crippen LogP contribution is 2.44. The molecule has 54 heavy (non-hydrogen) atoms. The third-order valence-electron chi connectivity index (χ3n) is 11.8. The van der Waals surface area contributed by atoms with Crippen molar-refractivity contribution in [1.29, 1.82) is 0 Å². The Morgan fingerprint density at radius 3 is 1.85 bits per heavy atom. The first-order valence-corrected chi connectivity index (χ1v) is 24.6. The van der Waals surface area contributed by atoms with Gasteiger partial charge in [-0.3, -0.25) is 4.79 Å². The third-order valence-corrected chi connectivity index (χ3v) is 20.8. The minimum absolute atomic E-state index is 0.0113. The van der Waals surface area contributed by atoms with Crippen LogP contribution in [-0.2, 0) is 23.9 Å². The number of nitrogens with zero attached hydrogens (tertiary/aromatic N) is 3. The molecule has 9 nitrogen and oxygen atoms in total. The summed E-state index contributed by atoms with van der Waals surface area (Å²) < 4.78 is 27.7. The largest absolute Gasteiger partial charge is 0.497 e. The summed E-state index contributed by atoms with van der Waals surface area (Å²) in [4.78, 5) is 24.0. The predicted molar refractivity (Wildman–Crippen MR) is 221 cm³/mol. The number of benzene rings is 3. The molecule has 2 aromatic heterocycles. The van der Waals surface area contributed by atoms with E-state index in [1.807, 2.05) is 65.4 Å². The fourth-order valence-corrected chi connectivity index (χ4v) is 8.68. The van der Waals surface area contributed by atoms with Crippen LogP contribution < -0.4 is 10.1 Å². The van der Waals surface area contributed by atoms with Crippen molar-refractivity contribution in [2.45, 2.75) is 102 Å². The molecule has 0 aliphatic carbocycles. The number of methoxy groups -OCH3 is 1. The highest BCUT2D eigenvalue weighted by molar-refractivity contribution is 6.74. The first kappa shape index (κ1) is 39.6. The molecule has 0 spiro atoms. The van der Waals surface area contributed by atoms with Crippen LogP contribution in [0.5, 0.6) is 5.75 Å². The van der Waals surface area contributed by atoms with Crippen molar-refractivity contribution in [3.05, 3.63) is 120 Å². The van der Waals surface area contributed by atoms with Crippen LogP contribution in [0.15, 0.2) is 104 Å². The summed E-state index contributed by atoms with van der Waals surface area (Å²) in [6, 6.07) is 30.9. The van der Waals surface area contributed by atoms with Gasteiger partial charge in [0, 0.05) is 6.20 Å². The summed E-state index contributed by atoms with van der Waals surface area (Å²) in [5.41, 5.74) is 2.85. The highest BCUT2D eigenvalue weighted by atomic mass is 28.4. The zero-order valence-electron chi connectivity index (χ0n) is 33.6. The quantitative estimate of drug-likeness (QED) is 0.0992. The normalized spacial score (nSPS) is 18.6. The fraction of sp³-hybridized carbons (Fsp3) is 0.419. The Morgan fingerprint density at radius 2 is 1.31 bits per heavy atom. The molecule has 1 aliphatic heterocycles. The first-order valence-electron chi connectivity index (χ1n) is 18.8. The zero-order valence-corrected chi connectivity index (χ0v) is 35.6. The van der Waals surface area contributed by atoms with Crippen LogP contribution in [0.4, 0.5) is 5.82 Å². The Bertz CT molecular complexity index is 2020. The number of hydrogen-bond donors (Lipinski definition) is 1. The van der Waals surface area contributed by atoms with Crippen LogP contribution in [0.25, 0.3) is 11.0 Å². The van der Waals surface area contributed by atoms with Gasteiger partial charge in [0.2, 0.25) is 0 Å². The van der Waals surface area contributed by atoms with Crippen molar-refractivity contribution < 1.29 is 23.1 Å². The maximum Gasteiger partial charge on any atom is 0.196 e. The van der Waals surface area contributed by atoms with Gasteiger partial charge in [0.05, 0.1) is 19.1 Å². The summed E-state index contributed by atoms with van der Waals surface area (Å²) in [6.07, 6.45) is 1.16. The number of fused-ring (bicyclic) bond motifs is 1. The van der Waals surface area contributed by atoms with Gasteiger partial charge in [-0.2, -0.15) is 0 Å². The summed E-state index contributed by atoms with van der Waals surface area (Å²) in [7, 11) is -2.90. The lowest BCUT2D eigenvalue weighted by Gasteiger charge is -2.39. The standard InChI is InChI=1S/C43H56N4O5Si2/c1-41(2,3)53(8,9)50-28-35-36(48)37(52-54(10,11)42(4,5)6)40(51-35)47-27-26-34-38(44-29-45-39(34)47)46-43(30-18-14-12-15-19-30,31-20-16-13-17-21-31)32-22-24-33(49-7)25-23-32/h12-27,29,35,37,40H,28H2,1-11H3,(H,44,45,46)/t35-,37-,40-/m1/s1. The van der Waals surface area contributed by atoms with Gasteiger partial charge >= 0.3 is 0 Å².